The van der Waals surface area contributed by atoms with Crippen LogP contribution in [0.2, 0.25) is 0 Å². The van der Waals surface area contributed by atoms with Crippen molar-refractivity contribution < 1.29 is 14.4 Å². The lowest BCUT2D eigenvalue weighted by Crippen LogP contribution is -2.44. The first-order valence-corrected chi connectivity index (χ1v) is 10.9. The van der Waals surface area contributed by atoms with Gasteiger partial charge in [0.05, 0.1) is 0 Å². The summed E-state index contributed by atoms with van der Waals surface area (Å²) in [6.45, 7) is 2.53. The summed E-state index contributed by atoms with van der Waals surface area (Å²) in [6, 6.07) is 24.3. The number of ketones is 2. The van der Waals surface area contributed by atoms with Crippen LogP contribution in [0.15, 0.2) is 78.9 Å². The van der Waals surface area contributed by atoms with Gasteiger partial charge in [0.2, 0.25) is 0 Å². The van der Waals surface area contributed by atoms with Gasteiger partial charge in [-0.2, -0.15) is 0 Å². The molecule has 1 atom stereocenters. The van der Waals surface area contributed by atoms with E-state index >= 15 is 0 Å². The van der Waals surface area contributed by atoms with Crippen LogP contribution in [0.1, 0.15) is 40.5 Å². The second-order valence-corrected chi connectivity index (χ2v) is 8.16. The highest BCUT2D eigenvalue weighted by molar-refractivity contribution is 5.99. The Kier molecular flexibility index (Phi) is 6.45. The Morgan fingerprint density at radius 3 is 2.09 bits per heavy atom. The molecule has 5 nitrogen and oxygen atoms in total. The molecule has 3 aromatic carbocycles. The number of carbonyl (C=O) groups excluding carboxylic acids is 3. The van der Waals surface area contributed by atoms with Crippen molar-refractivity contribution in [2.45, 2.75) is 19.8 Å². The molecule has 162 valence electrons. The number of urea groups is 1. The summed E-state index contributed by atoms with van der Waals surface area (Å²) in [6.07, 6.45) is 1.56. The van der Waals surface area contributed by atoms with Crippen molar-refractivity contribution in [1.29, 1.82) is 0 Å². The normalized spacial score (nSPS) is 15.8. The van der Waals surface area contributed by atoms with Gasteiger partial charge in [-0.3, -0.25) is 9.59 Å². The summed E-state index contributed by atoms with van der Waals surface area (Å²) < 4.78 is 0. The first-order chi connectivity index (χ1) is 15.5. The molecule has 1 N–H and O–H groups in total. The van der Waals surface area contributed by atoms with Gasteiger partial charge < -0.3 is 10.2 Å². The summed E-state index contributed by atoms with van der Waals surface area (Å²) in [5.74, 6) is -0.151. The molecule has 32 heavy (non-hydrogen) atoms. The molecule has 0 saturated carbocycles. The van der Waals surface area contributed by atoms with E-state index in [9.17, 15) is 14.4 Å². The Morgan fingerprint density at radius 1 is 0.812 bits per heavy atom. The minimum Gasteiger partial charge on any atom is -0.324 e. The largest absolute Gasteiger partial charge is 0.324 e. The Labute approximate surface area is 188 Å². The fraction of sp³-hybridized carbons (Fsp3) is 0.222. The third kappa shape index (κ3) is 4.94. The number of Topliss-reactive ketones (excluding diaryl/α,β-unsaturated/α-hetero) is 2. The van der Waals surface area contributed by atoms with Crippen LogP contribution >= 0.6 is 0 Å². The smallest absolute Gasteiger partial charge is 0.321 e. The minimum atomic E-state index is -0.225. The van der Waals surface area contributed by atoms with Gasteiger partial charge in [-0.15, -0.1) is 0 Å². The van der Waals surface area contributed by atoms with Crippen molar-refractivity contribution in [3.8, 4) is 11.1 Å². The summed E-state index contributed by atoms with van der Waals surface area (Å²) in [4.78, 5) is 38.9. The molecule has 0 unspecified atom stereocenters. The van der Waals surface area contributed by atoms with E-state index in [4.69, 9.17) is 0 Å². The number of likely N-dealkylation sites (tertiary alicyclic amines) is 1. The molecule has 4 rings (SSSR count). The molecular weight excluding hydrogens is 400 g/mol. The summed E-state index contributed by atoms with van der Waals surface area (Å²) in [5.41, 5.74) is 4.09. The number of benzene rings is 3. The number of anilines is 1. The fourth-order valence-corrected chi connectivity index (χ4v) is 4.06. The maximum absolute atomic E-state index is 13.1. The van der Waals surface area contributed by atoms with Crippen LogP contribution in [-0.2, 0) is 0 Å². The minimum absolute atomic E-state index is 0.0166. The van der Waals surface area contributed by atoms with Crippen LogP contribution in [-0.4, -0.2) is 35.6 Å². The van der Waals surface area contributed by atoms with E-state index in [2.05, 4.69) is 5.32 Å². The summed E-state index contributed by atoms with van der Waals surface area (Å²) >= 11 is 0. The average Bonchev–Trinajstić information content (AvgIpc) is 2.84. The van der Waals surface area contributed by atoms with Gasteiger partial charge in [0.1, 0.15) is 0 Å². The second-order valence-electron chi connectivity index (χ2n) is 8.16. The zero-order valence-corrected chi connectivity index (χ0v) is 18.1. The van der Waals surface area contributed by atoms with Crippen molar-refractivity contribution >= 4 is 23.3 Å². The maximum atomic E-state index is 13.1. The van der Waals surface area contributed by atoms with Crippen molar-refractivity contribution in [2.75, 3.05) is 18.4 Å². The summed E-state index contributed by atoms with van der Waals surface area (Å²) in [7, 11) is 0. The van der Waals surface area contributed by atoms with E-state index in [0.29, 0.717) is 29.9 Å². The van der Waals surface area contributed by atoms with E-state index in [1.807, 2.05) is 54.6 Å². The zero-order chi connectivity index (χ0) is 22.5. The van der Waals surface area contributed by atoms with Crippen LogP contribution in [0.4, 0.5) is 10.5 Å². The van der Waals surface area contributed by atoms with Crippen LogP contribution < -0.4 is 5.32 Å². The molecule has 0 bridgehead atoms. The molecule has 0 radical (unpaired) electrons. The van der Waals surface area contributed by atoms with E-state index in [1.165, 1.54) is 6.92 Å². The van der Waals surface area contributed by atoms with Crippen molar-refractivity contribution in [2.24, 2.45) is 5.92 Å². The number of hydrogen-bond donors (Lipinski definition) is 1. The van der Waals surface area contributed by atoms with Gasteiger partial charge in [0, 0.05) is 35.8 Å². The van der Waals surface area contributed by atoms with Gasteiger partial charge in [0.15, 0.2) is 11.6 Å². The highest BCUT2D eigenvalue weighted by atomic mass is 16.2. The first kappa shape index (κ1) is 21.5. The fourth-order valence-electron chi connectivity index (χ4n) is 4.06. The van der Waals surface area contributed by atoms with Crippen LogP contribution in [0.3, 0.4) is 0 Å². The summed E-state index contributed by atoms with van der Waals surface area (Å²) in [5, 5.41) is 2.87. The van der Waals surface area contributed by atoms with E-state index in [1.54, 1.807) is 29.2 Å². The van der Waals surface area contributed by atoms with E-state index in [-0.39, 0.29) is 23.5 Å². The van der Waals surface area contributed by atoms with Crippen molar-refractivity contribution in [3.05, 3.63) is 90.0 Å². The molecule has 1 aliphatic rings. The van der Waals surface area contributed by atoms with Crippen molar-refractivity contribution in [1.82, 2.24) is 4.90 Å². The lowest BCUT2D eigenvalue weighted by Gasteiger charge is -2.32. The topological polar surface area (TPSA) is 66.5 Å². The van der Waals surface area contributed by atoms with Gasteiger partial charge >= 0.3 is 6.03 Å². The quantitative estimate of drug-likeness (QED) is 0.534. The molecule has 1 saturated heterocycles. The number of piperidine rings is 1. The Balaban J connectivity index is 1.39. The number of nitrogens with zero attached hydrogens (tertiary/aromatic N) is 1. The predicted molar refractivity (Wildman–Crippen MR) is 126 cm³/mol. The first-order valence-electron chi connectivity index (χ1n) is 10.9. The van der Waals surface area contributed by atoms with Gasteiger partial charge in [0.25, 0.3) is 0 Å². The Morgan fingerprint density at radius 2 is 1.44 bits per heavy atom. The Hall–Kier alpha value is -3.73. The molecule has 1 heterocycles. The molecule has 0 aromatic heterocycles. The van der Waals surface area contributed by atoms with Crippen LogP contribution in [0.5, 0.6) is 0 Å². The van der Waals surface area contributed by atoms with E-state index in [0.717, 1.165) is 24.0 Å². The second kappa shape index (κ2) is 9.60. The monoisotopic (exact) mass is 426 g/mol. The maximum Gasteiger partial charge on any atom is 0.321 e. The lowest BCUT2D eigenvalue weighted by atomic mass is 9.89. The van der Waals surface area contributed by atoms with Crippen LogP contribution in [0.25, 0.3) is 11.1 Å². The lowest BCUT2D eigenvalue weighted by molar-refractivity contribution is 0.0851. The van der Waals surface area contributed by atoms with Crippen LogP contribution in [0, 0.1) is 5.92 Å². The average molecular weight is 427 g/mol. The molecule has 0 spiro atoms. The number of carbonyl (C=O) groups is 3. The molecule has 3 aromatic rings. The number of hydrogen-bond acceptors (Lipinski definition) is 3. The number of rotatable bonds is 5. The number of nitrogens with one attached hydrogen (secondary N) is 1. The third-order valence-electron chi connectivity index (χ3n) is 5.90. The number of amides is 2. The third-order valence-corrected chi connectivity index (χ3v) is 5.90. The predicted octanol–water partition coefficient (Wildman–Crippen LogP) is 5.68. The Bertz CT molecular complexity index is 1110. The molecule has 5 heteroatoms. The van der Waals surface area contributed by atoms with Gasteiger partial charge in [-0.25, -0.2) is 4.79 Å². The van der Waals surface area contributed by atoms with E-state index < -0.39 is 0 Å². The standard InChI is InChI=1S/C27H26N2O3/c1-19(30)20-13-15-25(16-14-20)28-27(32)29-17-5-8-24(18-29)26(31)23-11-9-22(10-12-23)21-6-3-2-4-7-21/h2-4,6-7,9-16,24H,5,8,17-18H2,1H3,(H,28,32)/t24-/m0/s1. The zero-order valence-electron chi connectivity index (χ0n) is 18.1. The van der Waals surface area contributed by atoms with Gasteiger partial charge in [-0.1, -0.05) is 54.6 Å². The molecule has 1 fully saturated rings. The highest BCUT2D eigenvalue weighted by Crippen LogP contribution is 2.24. The highest BCUT2D eigenvalue weighted by Gasteiger charge is 2.29. The SMILES string of the molecule is CC(=O)c1ccc(NC(=O)N2CCC[C@H](C(=O)c3ccc(-c4ccccc4)cc3)C2)cc1. The molecule has 0 aliphatic carbocycles. The van der Waals surface area contributed by atoms with Crippen molar-refractivity contribution in [3.63, 3.8) is 0 Å². The molecular formula is C27H26N2O3. The molecule has 2 amide bonds. The molecule has 1 aliphatic heterocycles. The van der Waals surface area contributed by atoms with Gasteiger partial charge in [-0.05, 0) is 55.2 Å².